The lowest BCUT2D eigenvalue weighted by atomic mass is 9.99. The van der Waals surface area contributed by atoms with Gasteiger partial charge < -0.3 is 4.74 Å². The molecule has 2 radical (unpaired) electrons. The summed E-state index contributed by atoms with van der Waals surface area (Å²) in [6, 6.07) is 0. The molecule has 1 aliphatic heterocycles. The van der Waals surface area contributed by atoms with Crippen LogP contribution in [0.3, 0.4) is 0 Å². The van der Waals surface area contributed by atoms with Gasteiger partial charge >= 0.3 is 0 Å². The topological polar surface area (TPSA) is 9.23 Å². The summed E-state index contributed by atoms with van der Waals surface area (Å²) in [5.41, 5.74) is 0. The van der Waals surface area contributed by atoms with Crippen LogP contribution >= 0.6 is 0 Å². The molecule has 0 saturated carbocycles. The molecule has 1 rings (SSSR count). The van der Waals surface area contributed by atoms with Crippen LogP contribution in [0.4, 0.5) is 0 Å². The number of hydrogen-bond donors (Lipinski definition) is 0. The Balaban J connectivity index is 2.23. The first-order chi connectivity index (χ1) is 4.30. The van der Waals surface area contributed by atoms with E-state index in [9.17, 15) is 0 Å². The molecule has 0 bridgehead atoms. The van der Waals surface area contributed by atoms with Gasteiger partial charge in [0.15, 0.2) is 0 Å². The van der Waals surface area contributed by atoms with E-state index in [0.29, 0.717) is 6.10 Å². The van der Waals surface area contributed by atoms with E-state index < -0.39 is 0 Å². The predicted molar refractivity (Wildman–Crippen MR) is 37.1 cm³/mol. The predicted octanol–water partition coefficient (Wildman–Crippen LogP) is 1.90. The van der Waals surface area contributed by atoms with Crippen LogP contribution in [0.15, 0.2) is 0 Å². The Morgan fingerprint density at radius 3 is 2.67 bits per heavy atom. The first-order valence-corrected chi connectivity index (χ1v) is 3.68. The summed E-state index contributed by atoms with van der Waals surface area (Å²) in [5.74, 6) is 0.213. The number of ether oxygens (including phenoxy) is 1. The van der Waals surface area contributed by atoms with Gasteiger partial charge in [-0.05, 0) is 32.1 Å². The average Bonchev–Trinajstić information content (AvgIpc) is 1.90. The Bertz CT molecular complexity index is 72.6. The number of rotatable bonds is 1. The van der Waals surface area contributed by atoms with Crippen molar-refractivity contribution in [2.45, 2.75) is 32.3 Å². The van der Waals surface area contributed by atoms with Crippen LogP contribution < -0.4 is 0 Å². The van der Waals surface area contributed by atoms with Gasteiger partial charge in [0.25, 0.3) is 0 Å². The zero-order valence-corrected chi connectivity index (χ0v) is 5.97. The van der Waals surface area contributed by atoms with Crippen LogP contribution in [0.1, 0.15) is 26.2 Å². The standard InChI is InChI=1S/C8H14O/c1-7(2)8-5-3-4-6-9-8/h1,7-8H,3-6H2,2H3. The van der Waals surface area contributed by atoms with Crippen molar-refractivity contribution in [2.24, 2.45) is 5.92 Å². The molecule has 1 saturated heterocycles. The highest BCUT2D eigenvalue weighted by Gasteiger charge is 2.16. The van der Waals surface area contributed by atoms with Crippen molar-refractivity contribution in [3.63, 3.8) is 0 Å². The highest BCUT2D eigenvalue weighted by Crippen LogP contribution is 2.18. The third-order valence-electron chi connectivity index (χ3n) is 1.80. The molecular weight excluding hydrogens is 112 g/mol. The van der Waals surface area contributed by atoms with Crippen LogP contribution in [0.5, 0.6) is 0 Å². The Morgan fingerprint density at radius 2 is 2.33 bits per heavy atom. The van der Waals surface area contributed by atoms with Gasteiger partial charge in [-0.15, -0.1) is 0 Å². The normalized spacial score (nSPS) is 29.0. The zero-order chi connectivity index (χ0) is 6.69. The van der Waals surface area contributed by atoms with Crippen molar-refractivity contribution in [3.8, 4) is 0 Å². The van der Waals surface area contributed by atoms with E-state index >= 15 is 0 Å². The van der Waals surface area contributed by atoms with Gasteiger partial charge in [-0.25, -0.2) is 0 Å². The average molecular weight is 126 g/mol. The van der Waals surface area contributed by atoms with Crippen molar-refractivity contribution in [1.29, 1.82) is 0 Å². The molecule has 1 nitrogen and oxygen atoms in total. The molecule has 1 aliphatic rings. The van der Waals surface area contributed by atoms with Crippen molar-refractivity contribution >= 4 is 0 Å². The second kappa shape index (κ2) is 3.21. The summed E-state index contributed by atoms with van der Waals surface area (Å²) in [4.78, 5) is 0. The monoisotopic (exact) mass is 126 g/mol. The van der Waals surface area contributed by atoms with Crippen LogP contribution in [0.2, 0.25) is 0 Å². The quantitative estimate of drug-likeness (QED) is 0.521. The van der Waals surface area contributed by atoms with E-state index in [1.807, 2.05) is 6.92 Å². The van der Waals surface area contributed by atoms with E-state index in [-0.39, 0.29) is 5.92 Å². The smallest absolute Gasteiger partial charge is 0.0603 e. The van der Waals surface area contributed by atoms with Gasteiger partial charge in [0.1, 0.15) is 0 Å². The maximum atomic E-state index is 5.64. The Hall–Kier alpha value is -0.0400. The highest BCUT2D eigenvalue weighted by molar-refractivity contribution is 4.70. The molecule has 1 heteroatoms. The molecule has 0 N–H and O–H groups in total. The Labute approximate surface area is 57.4 Å². The molecule has 2 atom stereocenters. The van der Waals surface area contributed by atoms with Crippen molar-refractivity contribution in [1.82, 2.24) is 0 Å². The minimum atomic E-state index is 0.213. The van der Waals surface area contributed by atoms with Crippen molar-refractivity contribution in [3.05, 3.63) is 6.92 Å². The molecule has 1 heterocycles. The molecule has 1 fully saturated rings. The SMILES string of the molecule is [CH]C(C)C1CCCCO1. The van der Waals surface area contributed by atoms with Crippen molar-refractivity contribution < 1.29 is 4.74 Å². The lowest BCUT2D eigenvalue weighted by Crippen LogP contribution is -2.24. The van der Waals surface area contributed by atoms with Gasteiger partial charge in [0, 0.05) is 6.61 Å². The minimum Gasteiger partial charge on any atom is -0.378 e. The fourth-order valence-electron chi connectivity index (χ4n) is 1.18. The summed E-state index contributed by atoms with van der Waals surface area (Å²) >= 11 is 0. The molecule has 0 aromatic heterocycles. The summed E-state index contributed by atoms with van der Waals surface area (Å²) in [6.07, 6.45) is 3.98. The molecule has 52 valence electrons. The third kappa shape index (κ3) is 1.98. The second-order valence-electron chi connectivity index (χ2n) is 2.76. The summed E-state index contributed by atoms with van der Waals surface area (Å²) in [5, 5.41) is 0. The van der Waals surface area contributed by atoms with Gasteiger partial charge in [-0.1, -0.05) is 6.92 Å². The van der Waals surface area contributed by atoms with E-state index in [1.165, 1.54) is 12.8 Å². The van der Waals surface area contributed by atoms with Gasteiger partial charge in [-0.3, -0.25) is 0 Å². The Kier molecular flexibility index (Phi) is 2.52. The molecule has 2 unspecified atom stereocenters. The molecule has 0 amide bonds. The second-order valence-corrected chi connectivity index (χ2v) is 2.76. The lowest BCUT2D eigenvalue weighted by Gasteiger charge is -2.25. The lowest BCUT2D eigenvalue weighted by molar-refractivity contribution is -0.00546. The highest BCUT2D eigenvalue weighted by atomic mass is 16.5. The maximum Gasteiger partial charge on any atom is 0.0603 e. The van der Waals surface area contributed by atoms with Crippen LogP contribution in [-0.2, 0) is 4.74 Å². The number of hydrogen-bond acceptors (Lipinski definition) is 1. The summed E-state index contributed by atoms with van der Waals surface area (Å²) < 4.78 is 5.41. The molecule has 0 aliphatic carbocycles. The molecule has 0 aromatic rings. The summed E-state index contributed by atoms with van der Waals surface area (Å²) in [7, 11) is 0. The van der Waals surface area contributed by atoms with Crippen LogP contribution in [-0.4, -0.2) is 12.7 Å². The first kappa shape index (κ1) is 7.07. The van der Waals surface area contributed by atoms with Crippen LogP contribution in [0.25, 0.3) is 0 Å². The largest absolute Gasteiger partial charge is 0.378 e. The Morgan fingerprint density at radius 1 is 1.56 bits per heavy atom. The fraction of sp³-hybridized carbons (Fsp3) is 0.875. The molecule has 0 spiro atoms. The fourth-order valence-corrected chi connectivity index (χ4v) is 1.18. The van der Waals surface area contributed by atoms with Gasteiger partial charge in [0.2, 0.25) is 0 Å². The van der Waals surface area contributed by atoms with Gasteiger partial charge in [-0.2, -0.15) is 0 Å². The maximum absolute atomic E-state index is 5.64. The third-order valence-corrected chi connectivity index (χ3v) is 1.80. The van der Waals surface area contributed by atoms with E-state index in [2.05, 4.69) is 0 Å². The zero-order valence-electron chi connectivity index (χ0n) is 5.97. The van der Waals surface area contributed by atoms with Gasteiger partial charge in [0.05, 0.1) is 6.10 Å². The van der Waals surface area contributed by atoms with E-state index in [0.717, 1.165) is 13.0 Å². The first-order valence-electron chi connectivity index (χ1n) is 3.68. The summed E-state index contributed by atoms with van der Waals surface area (Å²) in [6.45, 7) is 8.56. The van der Waals surface area contributed by atoms with Crippen molar-refractivity contribution in [2.75, 3.05) is 6.61 Å². The van der Waals surface area contributed by atoms with Crippen LogP contribution in [0, 0.1) is 12.8 Å². The molecule has 0 aromatic carbocycles. The minimum absolute atomic E-state index is 0.213. The molecule has 9 heavy (non-hydrogen) atoms. The van der Waals surface area contributed by atoms with E-state index in [4.69, 9.17) is 11.7 Å². The van der Waals surface area contributed by atoms with E-state index in [1.54, 1.807) is 0 Å². The molecular formula is C8H14O.